The zero-order valence-electron chi connectivity index (χ0n) is 41.1. The van der Waals surface area contributed by atoms with Crippen molar-refractivity contribution >= 4 is 79.9 Å². The van der Waals surface area contributed by atoms with Crippen LogP contribution in [0.3, 0.4) is 0 Å². The summed E-state index contributed by atoms with van der Waals surface area (Å²) in [4.78, 5) is 107. The average Bonchev–Trinajstić information content (AvgIpc) is 4.01. The molecule has 0 aliphatic heterocycles. The summed E-state index contributed by atoms with van der Waals surface area (Å²) < 4.78 is 40.9. The number of carbonyl (C=O) groups excluding carboxylic acids is 8. The second-order valence-electron chi connectivity index (χ2n) is 20.1. The Morgan fingerprint density at radius 2 is 1.11 bits per heavy atom. The highest BCUT2D eigenvalue weighted by Gasteiger charge is 2.36. The molecule has 2 aromatic carbocycles. The van der Waals surface area contributed by atoms with Gasteiger partial charge in [-0.3, -0.25) is 28.8 Å². The Labute approximate surface area is 416 Å². The van der Waals surface area contributed by atoms with Crippen molar-refractivity contribution in [2.45, 2.75) is 156 Å². The van der Waals surface area contributed by atoms with Gasteiger partial charge in [0.1, 0.15) is 39.6 Å². The molecule has 2 heterocycles. The maximum atomic E-state index is 13.8. The van der Waals surface area contributed by atoms with Gasteiger partial charge in [0.25, 0.3) is 0 Å². The van der Waals surface area contributed by atoms with Gasteiger partial charge in [-0.15, -0.1) is 11.3 Å². The monoisotopic (exact) mass is 997 g/mol. The average molecular weight is 998 g/mol. The molecule has 0 N–H and O–H groups in total. The summed E-state index contributed by atoms with van der Waals surface area (Å²) in [7, 11) is 0. The number of aromatic nitrogens is 1. The van der Waals surface area contributed by atoms with Crippen LogP contribution >= 0.6 is 11.3 Å². The van der Waals surface area contributed by atoms with Crippen molar-refractivity contribution < 1.29 is 71.2 Å². The number of rotatable bonds is 15. The van der Waals surface area contributed by atoms with Gasteiger partial charge in [-0.25, -0.2) is 14.6 Å². The molecule has 0 radical (unpaired) electrons. The summed E-state index contributed by atoms with van der Waals surface area (Å²) in [5.74, 6) is -3.71. The molecular formula is C54H63NO15S. The van der Waals surface area contributed by atoms with Gasteiger partial charge in [0.2, 0.25) is 0 Å². The van der Waals surface area contributed by atoms with Crippen molar-refractivity contribution in [2.75, 3.05) is 6.61 Å². The van der Waals surface area contributed by atoms with Crippen LogP contribution in [0.15, 0.2) is 34.7 Å². The molecule has 4 fully saturated rings. The SMILES string of the molecule is CC(=O)C1CCC(C(=O)OCC(=O)OC2CCC(C(=O)Oc3ccc(OC(=O)C4CCC(OC(=O)C(C)OC(=O)C5CCC(C(C)=O)CC5)CC4)c4nc(-c5cc6c(C)cc(C)cc6o5)sc34)CC2)CC1. The first kappa shape index (κ1) is 51.4. The highest BCUT2D eigenvalue weighted by Crippen LogP contribution is 2.44. The number of carbonyl (C=O) groups is 8. The normalized spacial score (nSPS) is 25.1. The number of benzene rings is 2. The second-order valence-corrected chi connectivity index (χ2v) is 21.1. The molecule has 71 heavy (non-hydrogen) atoms. The predicted octanol–water partition coefficient (Wildman–Crippen LogP) is 9.61. The van der Waals surface area contributed by atoms with Gasteiger partial charge in [-0.2, -0.15) is 0 Å². The molecule has 380 valence electrons. The molecule has 4 aliphatic carbocycles. The number of esters is 6. The number of ether oxygens (including phenoxy) is 6. The van der Waals surface area contributed by atoms with E-state index in [0.717, 1.165) is 16.5 Å². The zero-order chi connectivity index (χ0) is 50.5. The topological polar surface area (TPSA) is 218 Å². The molecule has 4 aliphatic rings. The lowest BCUT2D eigenvalue weighted by Crippen LogP contribution is -2.35. The number of nitrogens with zero attached hydrogens (tertiary/aromatic N) is 1. The summed E-state index contributed by atoms with van der Waals surface area (Å²) in [5, 5.41) is 1.42. The Morgan fingerprint density at radius 3 is 1.69 bits per heavy atom. The van der Waals surface area contributed by atoms with Crippen molar-refractivity contribution in [3.63, 3.8) is 0 Å². The Balaban J connectivity index is 0.864. The third-order valence-corrected chi connectivity index (χ3v) is 16.0. The number of hydrogen-bond acceptors (Lipinski definition) is 17. The quantitative estimate of drug-likeness (QED) is 0.0615. The van der Waals surface area contributed by atoms with Gasteiger partial charge >= 0.3 is 35.8 Å². The van der Waals surface area contributed by atoms with Crippen molar-refractivity contribution in [1.82, 2.24) is 4.98 Å². The Hall–Kier alpha value is -5.97. The molecule has 2 aromatic heterocycles. The van der Waals surface area contributed by atoms with E-state index in [-0.39, 0.29) is 46.7 Å². The van der Waals surface area contributed by atoms with Crippen LogP contribution in [0.4, 0.5) is 0 Å². The molecule has 8 rings (SSSR count). The van der Waals surface area contributed by atoms with E-state index in [1.54, 1.807) is 26.0 Å². The second kappa shape index (κ2) is 22.6. The number of Topliss-reactive ketones (excluding diaryl/α,β-unsaturated/α-hetero) is 2. The van der Waals surface area contributed by atoms with Crippen LogP contribution in [-0.4, -0.2) is 77.3 Å². The molecule has 0 amide bonds. The first-order valence-corrected chi connectivity index (χ1v) is 26.0. The minimum atomic E-state index is -1.09. The van der Waals surface area contributed by atoms with E-state index in [9.17, 15) is 38.4 Å². The number of fused-ring (bicyclic) bond motifs is 2. The van der Waals surface area contributed by atoms with Crippen molar-refractivity contribution in [3.05, 3.63) is 41.5 Å². The predicted molar refractivity (Wildman–Crippen MR) is 258 cm³/mol. The number of ketones is 2. The number of hydrogen-bond donors (Lipinski definition) is 0. The van der Waals surface area contributed by atoms with Gasteiger partial charge < -0.3 is 32.8 Å². The first-order valence-electron chi connectivity index (χ1n) is 25.2. The van der Waals surface area contributed by atoms with Crippen molar-refractivity contribution in [1.29, 1.82) is 0 Å². The smallest absolute Gasteiger partial charge is 0.347 e. The fraction of sp³-hybridized carbons (Fsp3) is 0.574. The highest BCUT2D eigenvalue weighted by atomic mass is 32.1. The molecule has 16 nitrogen and oxygen atoms in total. The maximum Gasteiger partial charge on any atom is 0.347 e. The summed E-state index contributed by atoms with van der Waals surface area (Å²) >= 11 is 1.24. The maximum absolute atomic E-state index is 13.8. The van der Waals surface area contributed by atoms with Crippen LogP contribution in [0, 0.1) is 49.4 Å². The third-order valence-electron chi connectivity index (χ3n) is 14.9. The van der Waals surface area contributed by atoms with Gasteiger partial charge in [0.05, 0.1) is 23.7 Å². The van der Waals surface area contributed by atoms with Crippen molar-refractivity contribution in [2.24, 2.45) is 35.5 Å². The van der Waals surface area contributed by atoms with Crippen LogP contribution < -0.4 is 9.47 Å². The Kier molecular flexibility index (Phi) is 16.4. The molecule has 1 atom stereocenters. The molecule has 0 bridgehead atoms. The van der Waals surface area contributed by atoms with Gasteiger partial charge in [-0.1, -0.05) is 6.07 Å². The van der Waals surface area contributed by atoms with Crippen LogP contribution in [0.1, 0.15) is 135 Å². The molecular weight excluding hydrogens is 935 g/mol. The Bertz CT molecular complexity index is 2670. The van der Waals surface area contributed by atoms with E-state index in [1.807, 2.05) is 26.0 Å². The molecule has 4 saturated carbocycles. The first-order chi connectivity index (χ1) is 34.0. The van der Waals surface area contributed by atoms with Gasteiger partial charge in [0.15, 0.2) is 35.0 Å². The van der Waals surface area contributed by atoms with E-state index in [4.69, 9.17) is 37.8 Å². The summed E-state index contributed by atoms with van der Waals surface area (Å²) in [6.07, 6.45) is 5.93. The molecule has 0 saturated heterocycles. The molecule has 1 unspecified atom stereocenters. The van der Waals surface area contributed by atoms with Gasteiger partial charge in [0, 0.05) is 17.2 Å². The lowest BCUT2D eigenvalue weighted by molar-refractivity contribution is -0.174. The van der Waals surface area contributed by atoms with Crippen LogP contribution in [0.2, 0.25) is 0 Å². The Morgan fingerprint density at radius 1 is 0.620 bits per heavy atom. The fourth-order valence-electron chi connectivity index (χ4n) is 10.6. The fourth-order valence-corrected chi connectivity index (χ4v) is 11.5. The van der Waals surface area contributed by atoms with E-state index >= 15 is 0 Å². The van der Waals surface area contributed by atoms with E-state index < -0.39 is 72.6 Å². The van der Waals surface area contributed by atoms with Gasteiger partial charge in [-0.05, 0) is 173 Å². The van der Waals surface area contributed by atoms with Crippen LogP contribution in [0.25, 0.3) is 32.0 Å². The third kappa shape index (κ3) is 12.6. The minimum Gasteiger partial charge on any atom is -0.460 e. The van der Waals surface area contributed by atoms with Crippen LogP contribution in [0.5, 0.6) is 11.5 Å². The minimum absolute atomic E-state index is 0.0277. The number of thiazole rings is 1. The molecule has 17 heteroatoms. The molecule has 0 spiro atoms. The lowest BCUT2D eigenvalue weighted by atomic mass is 9.80. The number of aryl methyl sites for hydroxylation is 2. The van der Waals surface area contributed by atoms with E-state index in [2.05, 4.69) is 6.07 Å². The summed E-state index contributed by atoms with van der Waals surface area (Å²) in [5.41, 5.74) is 3.09. The zero-order valence-corrected chi connectivity index (χ0v) is 41.9. The lowest BCUT2D eigenvalue weighted by Gasteiger charge is -2.29. The largest absolute Gasteiger partial charge is 0.460 e. The summed E-state index contributed by atoms with van der Waals surface area (Å²) in [6, 6.07) is 9.07. The van der Waals surface area contributed by atoms with Crippen LogP contribution in [-0.2, 0) is 57.3 Å². The standard InChI is InChI=1S/C54H63NO15S/c1-28-24-29(2)41-26-45(68-44(41)25-28)49-55-47-42(69-53(62)37-16-20-40(21-17-37)67-50(59)32(5)65-52(61)36-12-8-34(9-13-36)31(4)57)22-23-43(48(47)71-49)70-54(63)38-14-18-39(19-15-38)66-46(58)27-64-51(60)35-10-6-33(7-11-35)30(3)56/h22-26,32-40H,6-21,27H2,1-5H3. The van der Waals surface area contributed by atoms with E-state index in [0.29, 0.717) is 129 Å². The summed E-state index contributed by atoms with van der Waals surface area (Å²) in [6.45, 7) is 8.12. The highest BCUT2D eigenvalue weighted by molar-refractivity contribution is 7.22. The van der Waals surface area contributed by atoms with E-state index in [1.165, 1.54) is 18.3 Å². The number of furan rings is 1. The van der Waals surface area contributed by atoms with Crippen molar-refractivity contribution in [3.8, 4) is 22.3 Å². The molecule has 4 aromatic rings.